The maximum absolute atomic E-state index is 4.24. The average Bonchev–Trinajstić information content (AvgIpc) is 2.65. The summed E-state index contributed by atoms with van der Waals surface area (Å²) >= 11 is 0. The Kier molecular flexibility index (Phi) is 4.82. The van der Waals surface area contributed by atoms with E-state index in [1.54, 1.807) is 0 Å². The van der Waals surface area contributed by atoms with Crippen molar-refractivity contribution in [1.82, 2.24) is 15.1 Å². The molecule has 1 atom stereocenters. The number of rotatable bonds is 6. The smallest absolute Gasteiger partial charge is 0.0521 e. The summed E-state index contributed by atoms with van der Waals surface area (Å²) in [5.74, 6) is 1.47. The molecular weight excluding hydrogens is 186 g/mol. The van der Waals surface area contributed by atoms with Gasteiger partial charge in [0, 0.05) is 19.3 Å². The lowest BCUT2D eigenvalue weighted by Gasteiger charge is -2.16. The van der Waals surface area contributed by atoms with Gasteiger partial charge in [-0.15, -0.1) is 0 Å². The molecule has 1 heterocycles. The molecular formula is C12H23N3. The van der Waals surface area contributed by atoms with E-state index in [9.17, 15) is 0 Å². The highest BCUT2D eigenvalue weighted by Crippen LogP contribution is 2.08. The van der Waals surface area contributed by atoms with Crippen molar-refractivity contribution in [2.24, 2.45) is 11.8 Å². The van der Waals surface area contributed by atoms with Gasteiger partial charge in [0.25, 0.3) is 0 Å². The van der Waals surface area contributed by atoms with Crippen LogP contribution < -0.4 is 5.32 Å². The predicted molar refractivity (Wildman–Crippen MR) is 63.6 cm³/mol. The minimum atomic E-state index is 0.725. The summed E-state index contributed by atoms with van der Waals surface area (Å²) < 4.78 is 2.03. The number of aromatic nitrogens is 2. The van der Waals surface area contributed by atoms with Gasteiger partial charge in [0.15, 0.2) is 0 Å². The maximum atomic E-state index is 4.24. The van der Waals surface area contributed by atoms with Crippen LogP contribution in [0.5, 0.6) is 0 Å². The minimum absolute atomic E-state index is 0.725. The van der Waals surface area contributed by atoms with Crippen LogP contribution in [0.4, 0.5) is 0 Å². The summed E-state index contributed by atoms with van der Waals surface area (Å²) in [5.41, 5.74) is 1.27. The molecule has 86 valence electrons. The van der Waals surface area contributed by atoms with Gasteiger partial charge in [0.1, 0.15) is 0 Å². The molecule has 15 heavy (non-hydrogen) atoms. The van der Waals surface area contributed by atoms with Gasteiger partial charge in [-0.25, -0.2) is 0 Å². The third-order valence-corrected chi connectivity index (χ3v) is 3.01. The Morgan fingerprint density at radius 3 is 2.73 bits per heavy atom. The van der Waals surface area contributed by atoms with E-state index >= 15 is 0 Å². The standard InChI is InChI=1S/C12H23N3/c1-5-15-12(6-7-14-15)9-13-8-11(4)10(2)3/h6-7,10-11,13H,5,8-9H2,1-4H3. The van der Waals surface area contributed by atoms with Gasteiger partial charge in [-0.1, -0.05) is 20.8 Å². The van der Waals surface area contributed by atoms with Gasteiger partial charge in [0.2, 0.25) is 0 Å². The highest BCUT2D eigenvalue weighted by atomic mass is 15.3. The highest BCUT2D eigenvalue weighted by Gasteiger charge is 2.06. The maximum Gasteiger partial charge on any atom is 0.0521 e. The average molecular weight is 209 g/mol. The highest BCUT2D eigenvalue weighted by molar-refractivity contribution is 4.99. The van der Waals surface area contributed by atoms with Crippen LogP contribution in [0.3, 0.4) is 0 Å². The zero-order chi connectivity index (χ0) is 11.3. The Hall–Kier alpha value is -0.830. The van der Waals surface area contributed by atoms with Crippen LogP contribution in [0.1, 0.15) is 33.4 Å². The first-order chi connectivity index (χ1) is 7.15. The van der Waals surface area contributed by atoms with E-state index in [0.29, 0.717) is 0 Å². The van der Waals surface area contributed by atoms with Crippen molar-refractivity contribution in [2.45, 2.75) is 40.8 Å². The van der Waals surface area contributed by atoms with Gasteiger partial charge in [-0.3, -0.25) is 4.68 Å². The van der Waals surface area contributed by atoms with Gasteiger partial charge < -0.3 is 5.32 Å². The normalized spacial score (nSPS) is 13.4. The Morgan fingerprint density at radius 2 is 2.13 bits per heavy atom. The van der Waals surface area contributed by atoms with Crippen LogP contribution in [-0.2, 0) is 13.1 Å². The quantitative estimate of drug-likeness (QED) is 0.779. The third kappa shape index (κ3) is 3.67. The Balaban J connectivity index is 2.31. The predicted octanol–water partition coefficient (Wildman–Crippen LogP) is 2.28. The van der Waals surface area contributed by atoms with Crippen LogP contribution in [0, 0.1) is 11.8 Å². The molecule has 0 aliphatic rings. The lowest BCUT2D eigenvalue weighted by Crippen LogP contribution is -2.24. The summed E-state index contributed by atoms with van der Waals surface area (Å²) in [6.07, 6.45) is 1.87. The van der Waals surface area contributed by atoms with Crippen molar-refractivity contribution < 1.29 is 0 Å². The summed E-state index contributed by atoms with van der Waals surface area (Å²) in [4.78, 5) is 0. The molecule has 1 aromatic rings. The molecule has 1 rings (SSSR count). The third-order valence-electron chi connectivity index (χ3n) is 3.01. The van der Waals surface area contributed by atoms with E-state index in [1.165, 1.54) is 5.69 Å². The van der Waals surface area contributed by atoms with Crippen molar-refractivity contribution >= 4 is 0 Å². The second-order valence-corrected chi connectivity index (χ2v) is 4.49. The molecule has 0 aliphatic heterocycles. The van der Waals surface area contributed by atoms with Crippen molar-refractivity contribution in [2.75, 3.05) is 6.54 Å². The van der Waals surface area contributed by atoms with Crippen LogP contribution in [-0.4, -0.2) is 16.3 Å². The van der Waals surface area contributed by atoms with Gasteiger partial charge in [-0.2, -0.15) is 5.10 Å². The number of nitrogens with one attached hydrogen (secondary N) is 1. The van der Waals surface area contributed by atoms with Crippen LogP contribution in [0.25, 0.3) is 0 Å². The molecule has 0 saturated heterocycles. The molecule has 1 aromatic heterocycles. The summed E-state index contributed by atoms with van der Waals surface area (Å²) in [6.45, 7) is 11.9. The van der Waals surface area contributed by atoms with E-state index in [4.69, 9.17) is 0 Å². The monoisotopic (exact) mass is 209 g/mol. The van der Waals surface area contributed by atoms with E-state index in [0.717, 1.165) is 31.5 Å². The second-order valence-electron chi connectivity index (χ2n) is 4.49. The lowest BCUT2D eigenvalue weighted by molar-refractivity contribution is 0.389. The Labute approximate surface area is 92.9 Å². The molecule has 0 fully saturated rings. The molecule has 1 N–H and O–H groups in total. The van der Waals surface area contributed by atoms with Crippen molar-refractivity contribution in [3.63, 3.8) is 0 Å². The molecule has 0 radical (unpaired) electrons. The number of hydrogen-bond acceptors (Lipinski definition) is 2. The molecule has 0 spiro atoms. The fourth-order valence-electron chi connectivity index (χ4n) is 1.46. The zero-order valence-electron chi connectivity index (χ0n) is 10.3. The zero-order valence-corrected chi connectivity index (χ0v) is 10.3. The van der Waals surface area contributed by atoms with Gasteiger partial charge >= 0.3 is 0 Å². The molecule has 0 aliphatic carbocycles. The number of hydrogen-bond donors (Lipinski definition) is 1. The van der Waals surface area contributed by atoms with Gasteiger partial charge in [0.05, 0.1) is 5.69 Å². The number of aryl methyl sites for hydroxylation is 1. The first-order valence-corrected chi connectivity index (χ1v) is 5.86. The van der Waals surface area contributed by atoms with Crippen LogP contribution >= 0.6 is 0 Å². The van der Waals surface area contributed by atoms with Crippen LogP contribution in [0.15, 0.2) is 12.3 Å². The van der Waals surface area contributed by atoms with Gasteiger partial charge in [-0.05, 0) is 31.4 Å². The molecule has 1 unspecified atom stereocenters. The molecule has 3 heteroatoms. The molecule has 0 saturated carbocycles. The van der Waals surface area contributed by atoms with E-state index in [-0.39, 0.29) is 0 Å². The van der Waals surface area contributed by atoms with Crippen molar-refractivity contribution in [3.05, 3.63) is 18.0 Å². The fourth-order valence-corrected chi connectivity index (χ4v) is 1.46. The summed E-state index contributed by atoms with van der Waals surface area (Å²) in [5, 5.41) is 7.73. The largest absolute Gasteiger partial charge is 0.311 e. The summed E-state index contributed by atoms with van der Waals surface area (Å²) in [7, 11) is 0. The SMILES string of the molecule is CCn1nccc1CNCC(C)C(C)C. The number of nitrogens with zero attached hydrogens (tertiary/aromatic N) is 2. The van der Waals surface area contributed by atoms with Crippen LogP contribution in [0.2, 0.25) is 0 Å². The Bertz CT molecular complexity index is 278. The van der Waals surface area contributed by atoms with E-state index in [1.807, 2.05) is 10.9 Å². The second kappa shape index (κ2) is 5.91. The van der Waals surface area contributed by atoms with E-state index in [2.05, 4.69) is 44.2 Å². The topological polar surface area (TPSA) is 29.9 Å². The minimum Gasteiger partial charge on any atom is -0.311 e. The van der Waals surface area contributed by atoms with Crippen molar-refractivity contribution in [3.8, 4) is 0 Å². The van der Waals surface area contributed by atoms with Crippen molar-refractivity contribution in [1.29, 1.82) is 0 Å². The molecule has 3 nitrogen and oxygen atoms in total. The molecule has 0 aromatic carbocycles. The molecule has 0 bridgehead atoms. The first-order valence-electron chi connectivity index (χ1n) is 5.86. The summed E-state index contributed by atoms with van der Waals surface area (Å²) in [6, 6.07) is 2.08. The Morgan fingerprint density at radius 1 is 1.40 bits per heavy atom. The lowest BCUT2D eigenvalue weighted by atomic mass is 9.98. The first kappa shape index (κ1) is 12.2. The molecule has 0 amide bonds. The fraction of sp³-hybridized carbons (Fsp3) is 0.750. The van der Waals surface area contributed by atoms with E-state index < -0.39 is 0 Å².